The Morgan fingerprint density at radius 2 is 2.40 bits per heavy atom. The zero-order chi connectivity index (χ0) is 4.12. The zero-order valence-corrected chi connectivity index (χ0v) is 4.34. The van der Waals surface area contributed by atoms with Crippen molar-refractivity contribution in [1.82, 2.24) is 0 Å². The summed E-state index contributed by atoms with van der Waals surface area (Å²) in [4.78, 5) is 0. The minimum absolute atomic E-state index is 1.04. The molecule has 0 fully saturated rings. The lowest BCUT2D eigenvalue weighted by atomic mass is 10.2. The molecular formula is C2H7BOS. The first-order valence-corrected chi connectivity index (χ1v) is 2.48. The van der Waals surface area contributed by atoms with Gasteiger partial charge in [0.05, 0.1) is 0 Å². The molecule has 0 N–H and O–H groups in total. The van der Waals surface area contributed by atoms with E-state index in [9.17, 15) is 0 Å². The Hall–Kier alpha value is 0.375. The van der Waals surface area contributed by atoms with Gasteiger partial charge in [-0.2, -0.15) is 0 Å². The average Bonchev–Trinajstić information content (AvgIpc) is 1.41. The fourth-order valence-electron chi connectivity index (χ4n) is 0.118. The van der Waals surface area contributed by atoms with Crippen LogP contribution in [0, 0.1) is 0 Å². The third kappa shape index (κ3) is 4.37. The summed E-state index contributed by atoms with van der Waals surface area (Å²) in [6.45, 7) is 3.09. The van der Waals surface area contributed by atoms with E-state index in [4.69, 9.17) is 0 Å². The molecular weight excluding hydrogens is 82.9 g/mol. The number of rotatable bonds is 2. The summed E-state index contributed by atoms with van der Waals surface area (Å²) in [5, 5.41) is 0. The molecule has 30 valence electrons. The molecule has 0 unspecified atom stereocenters. The Kier molecular flexibility index (Phi) is 4.70. The highest BCUT2D eigenvalue weighted by molar-refractivity contribution is 8.18. The van der Waals surface area contributed by atoms with E-state index in [1.165, 1.54) is 11.9 Å². The quantitative estimate of drug-likeness (QED) is 0.364. The third-order valence-corrected chi connectivity index (χ3v) is 0.707. The van der Waals surface area contributed by atoms with E-state index in [2.05, 4.69) is 4.18 Å². The van der Waals surface area contributed by atoms with Gasteiger partial charge in [-0.25, -0.2) is 0 Å². The topological polar surface area (TPSA) is 9.23 Å². The largest absolute Gasteiger partial charge is 0.331 e. The standard InChI is InChI=1S/C2H7BOS/c1-3-5-4-2/h3H,1-2H3. The monoisotopic (exact) mass is 90.0 g/mol. The molecule has 0 aromatic heterocycles. The second-order valence-electron chi connectivity index (χ2n) is 0.573. The second-order valence-corrected chi connectivity index (χ2v) is 1.72. The highest BCUT2D eigenvalue weighted by atomic mass is 32.2. The Labute approximate surface area is 37.4 Å². The van der Waals surface area contributed by atoms with Crippen molar-refractivity contribution in [2.45, 2.75) is 6.82 Å². The van der Waals surface area contributed by atoms with Crippen LogP contribution >= 0.6 is 11.9 Å². The van der Waals surface area contributed by atoms with Crippen LogP contribution in [0.1, 0.15) is 0 Å². The minimum Gasteiger partial charge on any atom is -0.331 e. The van der Waals surface area contributed by atoms with E-state index in [1.807, 2.05) is 6.82 Å². The van der Waals surface area contributed by atoms with Crippen molar-refractivity contribution in [2.24, 2.45) is 0 Å². The highest BCUT2D eigenvalue weighted by Gasteiger charge is 1.71. The molecule has 0 amide bonds. The average molecular weight is 90.0 g/mol. The van der Waals surface area contributed by atoms with Gasteiger partial charge in [0.25, 0.3) is 0 Å². The molecule has 0 aromatic rings. The molecule has 3 heteroatoms. The van der Waals surface area contributed by atoms with Gasteiger partial charge in [-0.15, -0.1) is 0 Å². The molecule has 0 atom stereocenters. The molecule has 0 bridgehead atoms. The van der Waals surface area contributed by atoms with E-state index < -0.39 is 0 Å². The summed E-state index contributed by atoms with van der Waals surface area (Å²) in [6, 6.07) is 0. The van der Waals surface area contributed by atoms with Crippen molar-refractivity contribution in [3.63, 3.8) is 0 Å². The predicted molar refractivity (Wildman–Crippen MR) is 27.6 cm³/mol. The molecule has 0 spiro atoms. The third-order valence-electron chi connectivity index (χ3n) is 0.236. The maximum Gasteiger partial charge on any atom is 0.225 e. The van der Waals surface area contributed by atoms with E-state index in [-0.39, 0.29) is 0 Å². The van der Waals surface area contributed by atoms with Crippen LogP contribution in [0.25, 0.3) is 0 Å². The molecule has 0 saturated heterocycles. The van der Waals surface area contributed by atoms with E-state index in [1.54, 1.807) is 7.11 Å². The van der Waals surface area contributed by atoms with Crippen LogP contribution in [0.3, 0.4) is 0 Å². The molecule has 0 radical (unpaired) electrons. The molecule has 5 heavy (non-hydrogen) atoms. The van der Waals surface area contributed by atoms with Gasteiger partial charge in [0, 0.05) is 7.11 Å². The first kappa shape index (κ1) is 5.37. The normalized spacial score (nSPS) is 7.60. The molecule has 1 nitrogen and oxygen atoms in total. The summed E-state index contributed by atoms with van der Waals surface area (Å²) < 4.78 is 4.61. The van der Waals surface area contributed by atoms with Crippen LogP contribution in [0.4, 0.5) is 0 Å². The van der Waals surface area contributed by atoms with Gasteiger partial charge in [0.15, 0.2) is 0 Å². The fraction of sp³-hybridized carbons (Fsp3) is 1.00. The molecule has 0 aliphatic rings. The van der Waals surface area contributed by atoms with Crippen LogP contribution in [0.15, 0.2) is 0 Å². The van der Waals surface area contributed by atoms with Crippen LogP contribution < -0.4 is 0 Å². The summed E-state index contributed by atoms with van der Waals surface area (Å²) >= 11 is 1.46. The first-order chi connectivity index (χ1) is 2.41. The van der Waals surface area contributed by atoms with Gasteiger partial charge in [0.2, 0.25) is 6.56 Å². The molecule has 0 rings (SSSR count). The SMILES string of the molecule is CBSOC. The predicted octanol–water partition coefficient (Wildman–Crippen LogP) is 0.681. The van der Waals surface area contributed by atoms with Crippen molar-refractivity contribution in [3.8, 4) is 0 Å². The van der Waals surface area contributed by atoms with Crippen molar-refractivity contribution in [3.05, 3.63) is 0 Å². The van der Waals surface area contributed by atoms with Gasteiger partial charge in [-0.3, -0.25) is 0 Å². The Morgan fingerprint density at radius 1 is 1.80 bits per heavy atom. The van der Waals surface area contributed by atoms with Crippen molar-refractivity contribution in [2.75, 3.05) is 7.11 Å². The van der Waals surface area contributed by atoms with Gasteiger partial charge < -0.3 is 4.18 Å². The van der Waals surface area contributed by atoms with Crippen LogP contribution in [0.5, 0.6) is 0 Å². The summed E-state index contributed by atoms with van der Waals surface area (Å²) in [5.74, 6) is 0. The highest BCUT2D eigenvalue weighted by Crippen LogP contribution is 1.91. The molecule has 0 aliphatic carbocycles. The van der Waals surface area contributed by atoms with Crippen LogP contribution in [0.2, 0.25) is 6.82 Å². The molecule has 0 heterocycles. The maximum absolute atomic E-state index is 4.61. The van der Waals surface area contributed by atoms with Crippen molar-refractivity contribution < 1.29 is 4.18 Å². The minimum atomic E-state index is 1.04. The molecule has 0 aromatic carbocycles. The van der Waals surface area contributed by atoms with Gasteiger partial charge in [-0.1, -0.05) is 18.7 Å². The van der Waals surface area contributed by atoms with E-state index in [0.29, 0.717) is 0 Å². The summed E-state index contributed by atoms with van der Waals surface area (Å²) in [6.07, 6.45) is 0. The molecule has 0 aliphatic heterocycles. The van der Waals surface area contributed by atoms with Gasteiger partial charge >= 0.3 is 0 Å². The van der Waals surface area contributed by atoms with Crippen LogP contribution in [-0.4, -0.2) is 13.7 Å². The van der Waals surface area contributed by atoms with E-state index >= 15 is 0 Å². The van der Waals surface area contributed by atoms with Gasteiger partial charge in [-0.05, 0) is 0 Å². The lowest BCUT2D eigenvalue weighted by Crippen LogP contribution is -1.69. The lowest BCUT2D eigenvalue weighted by molar-refractivity contribution is 0.497. The number of hydrogen-bond donors (Lipinski definition) is 0. The van der Waals surface area contributed by atoms with E-state index in [0.717, 1.165) is 6.56 Å². The first-order valence-electron chi connectivity index (χ1n) is 1.57. The van der Waals surface area contributed by atoms with Crippen LogP contribution in [-0.2, 0) is 4.18 Å². The lowest BCUT2D eigenvalue weighted by Gasteiger charge is -1.81. The second kappa shape index (κ2) is 4.37. The Bertz CT molecular complexity index is 17.1. The van der Waals surface area contributed by atoms with Gasteiger partial charge in [0.1, 0.15) is 0 Å². The summed E-state index contributed by atoms with van der Waals surface area (Å²) in [5.41, 5.74) is 0. The smallest absolute Gasteiger partial charge is 0.225 e. The Balaban J connectivity index is 2.19. The Morgan fingerprint density at radius 3 is 2.40 bits per heavy atom. The summed E-state index contributed by atoms with van der Waals surface area (Å²) in [7, 11) is 1.67. The van der Waals surface area contributed by atoms with Crippen molar-refractivity contribution >= 4 is 18.5 Å². The molecule has 0 saturated carbocycles. The number of hydrogen-bond acceptors (Lipinski definition) is 2. The maximum atomic E-state index is 4.61. The van der Waals surface area contributed by atoms with Crippen molar-refractivity contribution in [1.29, 1.82) is 0 Å². The zero-order valence-electron chi connectivity index (χ0n) is 3.52. The fourth-order valence-corrected chi connectivity index (χ4v) is 0.354.